The van der Waals surface area contributed by atoms with E-state index in [0.717, 1.165) is 18.8 Å². The molecule has 0 amide bonds. The van der Waals surface area contributed by atoms with Crippen molar-refractivity contribution in [3.05, 3.63) is 70.1 Å². The Morgan fingerprint density at radius 2 is 1.72 bits per heavy atom. The van der Waals surface area contributed by atoms with Gasteiger partial charge in [0.1, 0.15) is 0 Å². The zero-order valence-corrected chi connectivity index (χ0v) is 9.82. The molecule has 0 unspecified atom stereocenters. The first-order valence-electron chi connectivity index (χ1n) is 5.84. The van der Waals surface area contributed by atoms with Crippen LogP contribution in [0.25, 0.3) is 10.4 Å². The molecule has 1 aliphatic rings. The fourth-order valence-electron chi connectivity index (χ4n) is 2.32. The Morgan fingerprint density at radius 1 is 1.00 bits per heavy atom. The van der Waals surface area contributed by atoms with Crippen molar-refractivity contribution in [3.8, 4) is 0 Å². The maximum absolute atomic E-state index is 8.46. The molecule has 0 aliphatic carbocycles. The van der Waals surface area contributed by atoms with Crippen molar-refractivity contribution in [3.63, 3.8) is 0 Å². The first-order chi connectivity index (χ1) is 8.86. The van der Waals surface area contributed by atoms with E-state index in [0.29, 0.717) is 5.69 Å². The minimum atomic E-state index is 0.658. The first-order valence-corrected chi connectivity index (χ1v) is 5.84. The van der Waals surface area contributed by atoms with E-state index in [1.165, 1.54) is 11.1 Å². The van der Waals surface area contributed by atoms with Crippen molar-refractivity contribution in [1.82, 2.24) is 0 Å². The van der Waals surface area contributed by atoms with Crippen LogP contribution < -0.4 is 4.90 Å². The fourth-order valence-corrected chi connectivity index (χ4v) is 2.32. The van der Waals surface area contributed by atoms with Crippen LogP contribution >= 0.6 is 0 Å². The number of hydrogen-bond acceptors (Lipinski definition) is 2. The molecule has 4 nitrogen and oxygen atoms in total. The highest BCUT2D eigenvalue weighted by Crippen LogP contribution is 2.30. The second-order valence-corrected chi connectivity index (χ2v) is 4.33. The fraction of sp³-hybridized carbons (Fsp3) is 0.143. The van der Waals surface area contributed by atoms with Gasteiger partial charge < -0.3 is 4.90 Å². The van der Waals surface area contributed by atoms with E-state index < -0.39 is 0 Å². The maximum Gasteiger partial charge on any atom is 0.0436 e. The predicted molar refractivity (Wildman–Crippen MR) is 71.6 cm³/mol. The molecule has 0 fully saturated rings. The van der Waals surface area contributed by atoms with Gasteiger partial charge >= 0.3 is 0 Å². The van der Waals surface area contributed by atoms with Crippen LogP contribution in [-0.2, 0) is 13.1 Å². The molecule has 18 heavy (non-hydrogen) atoms. The SMILES string of the molecule is [N-]=[N+]=Nc1cccc(N2Cc3ccccc3C2)c1. The lowest BCUT2D eigenvalue weighted by Gasteiger charge is -2.17. The van der Waals surface area contributed by atoms with Gasteiger partial charge in [-0.1, -0.05) is 41.5 Å². The quantitative estimate of drug-likeness (QED) is 0.439. The lowest BCUT2D eigenvalue weighted by Crippen LogP contribution is -2.13. The Labute approximate surface area is 105 Å². The van der Waals surface area contributed by atoms with Crippen LogP contribution in [0.15, 0.2) is 53.6 Å². The highest BCUT2D eigenvalue weighted by atomic mass is 15.2. The standard InChI is InChI=1S/C14H12N4/c15-17-16-13-6-3-7-14(8-13)18-9-11-4-1-2-5-12(11)10-18/h1-8H,9-10H2. The summed E-state index contributed by atoms with van der Waals surface area (Å²) in [6.07, 6.45) is 0. The van der Waals surface area contributed by atoms with Crippen LogP contribution in [0.1, 0.15) is 11.1 Å². The molecular weight excluding hydrogens is 224 g/mol. The third-order valence-corrected chi connectivity index (χ3v) is 3.20. The molecule has 0 aromatic heterocycles. The van der Waals surface area contributed by atoms with E-state index in [1.54, 1.807) is 0 Å². The molecule has 0 N–H and O–H groups in total. The summed E-state index contributed by atoms with van der Waals surface area (Å²) in [7, 11) is 0. The molecule has 0 atom stereocenters. The summed E-state index contributed by atoms with van der Waals surface area (Å²) in [6, 6.07) is 16.2. The molecule has 0 saturated heterocycles. The van der Waals surface area contributed by atoms with E-state index in [-0.39, 0.29) is 0 Å². The van der Waals surface area contributed by atoms with Gasteiger partial charge in [0.15, 0.2) is 0 Å². The summed E-state index contributed by atoms with van der Waals surface area (Å²) in [5, 5.41) is 3.64. The van der Waals surface area contributed by atoms with E-state index in [2.05, 4.69) is 39.2 Å². The Balaban J connectivity index is 1.90. The first kappa shape index (κ1) is 10.7. The lowest BCUT2D eigenvalue weighted by molar-refractivity contribution is 0.880. The highest BCUT2D eigenvalue weighted by Gasteiger charge is 2.18. The largest absolute Gasteiger partial charge is 0.363 e. The molecule has 0 radical (unpaired) electrons. The Hall–Kier alpha value is -2.45. The van der Waals surface area contributed by atoms with Crippen LogP contribution in [0.4, 0.5) is 11.4 Å². The molecule has 1 heterocycles. The molecule has 88 valence electrons. The Bertz CT molecular complexity index is 604. The normalized spacial score (nSPS) is 13.0. The summed E-state index contributed by atoms with van der Waals surface area (Å²) in [4.78, 5) is 5.10. The molecule has 1 aliphatic heterocycles. The van der Waals surface area contributed by atoms with Crippen molar-refractivity contribution in [2.75, 3.05) is 4.90 Å². The highest BCUT2D eigenvalue weighted by molar-refractivity contribution is 5.58. The third kappa shape index (κ3) is 1.90. The molecule has 2 aromatic rings. The average molecular weight is 236 g/mol. The zero-order valence-electron chi connectivity index (χ0n) is 9.82. The number of azide groups is 1. The number of fused-ring (bicyclic) bond motifs is 1. The number of anilines is 1. The average Bonchev–Trinajstić information content (AvgIpc) is 2.83. The summed E-state index contributed by atoms with van der Waals surface area (Å²) in [5.41, 5.74) is 12.9. The van der Waals surface area contributed by atoms with Crippen molar-refractivity contribution >= 4 is 11.4 Å². The second kappa shape index (κ2) is 4.43. The van der Waals surface area contributed by atoms with Crippen LogP contribution in [0.3, 0.4) is 0 Å². The van der Waals surface area contributed by atoms with Gasteiger partial charge in [0, 0.05) is 29.4 Å². The summed E-state index contributed by atoms with van der Waals surface area (Å²) in [5.74, 6) is 0. The summed E-state index contributed by atoms with van der Waals surface area (Å²) < 4.78 is 0. The number of benzene rings is 2. The predicted octanol–water partition coefficient (Wildman–Crippen LogP) is 4.15. The lowest BCUT2D eigenvalue weighted by atomic mass is 10.1. The van der Waals surface area contributed by atoms with Crippen molar-refractivity contribution < 1.29 is 0 Å². The van der Waals surface area contributed by atoms with Gasteiger partial charge in [-0.25, -0.2) is 0 Å². The molecule has 2 aromatic carbocycles. The van der Waals surface area contributed by atoms with Gasteiger partial charge in [-0.15, -0.1) is 0 Å². The van der Waals surface area contributed by atoms with Crippen LogP contribution in [0.2, 0.25) is 0 Å². The topological polar surface area (TPSA) is 52.0 Å². The molecule has 3 rings (SSSR count). The van der Waals surface area contributed by atoms with E-state index in [4.69, 9.17) is 5.53 Å². The van der Waals surface area contributed by atoms with Gasteiger partial charge in [-0.05, 0) is 28.8 Å². The second-order valence-electron chi connectivity index (χ2n) is 4.33. The van der Waals surface area contributed by atoms with E-state index in [9.17, 15) is 0 Å². The maximum atomic E-state index is 8.46. The third-order valence-electron chi connectivity index (χ3n) is 3.20. The van der Waals surface area contributed by atoms with Gasteiger partial charge in [-0.3, -0.25) is 0 Å². The van der Waals surface area contributed by atoms with Gasteiger partial charge in [0.05, 0.1) is 0 Å². The summed E-state index contributed by atoms with van der Waals surface area (Å²) in [6.45, 7) is 1.83. The van der Waals surface area contributed by atoms with Gasteiger partial charge in [0.2, 0.25) is 0 Å². The van der Waals surface area contributed by atoms with Gasteiger partial charge in [-0.2, -0.15) is 0 Å². The van der Waals surface area contributed by atoms with Crippen molar-refractivity contribution in [2.24, 2.45) is 5.11 Å². The minimum absolute atomic E-state index is 0.658. The van der Waals surface area contributed by atoms with Crippen LogP contribution in [-0.4, -0.2) is 0 Å². The molecule has 4 heteroatoms. The minimum Gasteiger partial charge on any atom is -0.363 e. The van der Waals surface area contributed by atoms with Crippen LogP contribution in [0.5, 0.6) is 0 Å². The summed E-state index contributed by atoms with van der Waals surface area (Å²) >= 11 is 0. The number of hydrogen-bond donors (Lipinski definition) is 0. The molecule has 0 saturated carbocycles. The van der Waals surface area contributed by atoms with E-state index >= 15 is 0 Å². The van der Waals surface area contributed by atoms with Gasteiger partial charge in [0.25, 0.3) is 0 Å². The Morgan fingerprint density at radius 3 is 2.39 bits per heavy atom. The number of nitrogens with zero attached hydrogens (tertiary/aromatic N) is 4. The molecule has 0 spiro atoms. The van der Waals surface area contributed by atoms with Crippen molar-refractivity contribution in [1.29, 1.82) is 0 Å². The van der Waals surface area contributed by atoms with Crippen LogP contribution in [0, 0.1) is 0 Å². The van der Waals surface area contributed by atoms with Crippen molar-refractivity contribution in [2.45, 2.75) is 13.1 Å². The molecule has 0 bridgehead atoms. The zero-order chi connectivity index (χ0) is 12.4. The monoisotopic (exact) mass is 236 g/mol. The Kier molecular flexibility index (Phi) is 2.63. The smallest absolute Gasteiger partial charge is 0.0436 e. The van der Waals surface area contributed by atoms with E-state index in [1.807, 2.05) is 24.3 Å². The molecular formula is C14H12N4. The number of rotatable bonds is 2.